The van der Waals surface area contributed by atoms with E-state index in [1.165, 1.54) is 0 Å². The number of halogens is 1. The minimum atomic E-state index is -0.137. The Bertz CT molecular complexity index is 694. The van der Waals surface area contributed by atoms with Gasteiger partial charge in [0.2, 0.25) is 0 Å². The molecule has 1 amide bonds. The lowest BCUT2D eigenvalue weighted by Gasteiger charge is -2.20. The van der Waals surface area contributed by atoms with Gasteiger partial charge in [0.15, 0.2) is 0 Å². The molecule has 0 aromatic heterocycles. The van der Waals surface area contributed by atoms with Gasteiger partial charge in [-0.25, -0.2) is 0 Å². The van der Waals surface area contributed by atoms with Crippen LogP contribution < -0.4 is 15.4 Å². The van der Waals surface area contributed by atoms with Crippen molar-refractivity contribution < 1.29 is 9.53 Å². The molecule has 0 radical (unpaired) electrons. The Morgan fingerprint density at radius 1 is 1.04 bits per heavy atom. The van der Waals surface area contributed by atoms with Crippen LogP contribution in [0.3, 0.4) is 0 Å². The van der Waals surface area contributed by atoms with E-state index in [0.29, 0.717) is 36.0 Å². The molecule has 5 heteroatoms. The maximum atomic E-state index is 12.4. The Morgan fingerprint density at radius 2 is 1.72 bits per heavy atom. The lowest BCUT2D eigenvalue weighted by Crippen LogP contribution is -2.41. The molecule has 4 nitrogen and oxygen atoms in total. The van der Waals surface area contributed by atoms with E-state index in [1.807, 2.05) is 36.4 Å². The normalized spacial score (nSPS) is 11.2. The highest BCUT2D eigenvalue weighted by atomic mass is 35.5. The van der Waals surface area contributed by atoms with Crippen molar-refractivity contribution >= 4 is 17.5 Å². The van der Waals surface area contributed by atoms with Gasteiger partial charge in [-0.3, -0.25) is 4.79 Å². The molecule has 0 spiro atoms. The Hall–Kier alpha value is -2.04. The van der Waals surface area contributed by atoms with Crippen LogP contribution in [0.15, 0.2) is 48.5 Å². The molecule has 0 fully saturated rings. The van der Waals surface area contributed by atoms with E-state index >= 15 is 0 Å². The van der Waals surface area contributed by atoms with Crippen LogP contribution >= 0.6 is 11.6 Å². The second-order valence-corrected chi connectivity index (χ2v) is 7.28. The molecule has 0 atom stereocenters. The zero-order chi connectivity index (χ0) is 18.3. The van der Waals surface area contributed by atoms with Crippen LogP contribution in [-0.4, -0.2) is 24.5 Å². The summed E-state index contributed by atoms with van der Waals surface area (Å²) in [6, 6.07) is 14.7. The number of rotatable bonds is 7. The molecule has 0 aliphatic carbocycles. The summed E-state index contributed by atoms with van der Waals surface area (Å²) >= 11 is 5.89. The quantitative estimate of drug-likeness (QED) is 0.733. The van der Waals surface area contributed by atoms with E-state index in [4.69, 9.17) is 16.3 Å². The van der Waals surface area contributed by atoms with Gasteiger partial charge in [-0.2, -0.15) is 0 Å². The number of para-hydroxylation sites is 1. The predicted octanol–water partition coefficient (Wildman–Crippen LogP) is 4.04. The zero-order valence-electron chi connectivity index (χ0n) is 14.9. The molecule has 0 aliphatic heterocycles. The van der Waals surface area contributed by atoms with Crippen molar-refractivity contribution in [1.29, 1.82) is 0 Å². The maximum Gasteiger partial charge on any atom is 0.255 e. The average molecular weight is 361 g/mol. The first-order chi connectivity index (χ1) is 11.8. The lowest BCUT2D eigenvalue weighted by atomic mass is 10.1. The van der Waals surface area contributed by atoms with Crippen molar-refractivity contribution in [2.24, 2.45) is 0 Å². The molecule has 0 heterocycles. The minimum absolute atomic E-state index is 0.0321. The van der Waals surface area contributed by atoms with Crippen LogP contribution in [0.4, 0.5) is 0 Å². The molecular formula is C20H25ClN2O2. The minimum Gasteiger partial charge on any atom is -0.488 e. The summed E-state index contributed by atoms with van der Waals surface area (Å²) in [5, 5.41) is 6.94. The summed E-state index contributed by atoms with van der Waals surface area (Å²) in [5.41, 5.74) is 1.56. The van der Waals surface area contributed by atoms with Crippen molar-refractivity contribution in [2.45, 2.75) is 32.9 Å². The number of nitrogens with one attached hydrogen (secondary N) is 2. The third-order valence-electron chi connectivity index (χ3n) is 3.51. The van der Waals surface area contributed by atoms with Crippen LogP contribution in [-0.2, 0) is 6.61 Å². The largest absolute Gasteiger partial charge is 0.488 e. The van der Waals surface area contributed by atoms with Gasteiger partial charge in [0, 0.05) is 23.7 Å². The summed E-state index contributed by atoms with van der Waals surface area (Å²) in [7, 11) is 0. The average Bonchev–Trinajstić information content (AvgIpc) is 2.57. The Balaban J connectivity index is 1.92. The van der Waals surface area contributed by atoms with Gasteiger partial charge in [0.05, 0.1) is 5.56 Å². The first kappa shape index (κ1) is 19.3. The number of hydrogen-bond donors (Lipinski definition) is 2. The highest BCUT2D eigenvalue weighted by Crippen LogP contribution is 2.20. The zero-order valence-corrected chi connectivity index (χ0v) is 15.7. The molecule has 0 bridgehead atoms. The van der Waals surface area contributed by atoms with Gasteiger partial charge in [-0.15, -0.1) is 0 Å². The Labute approximate surface area is 154 Å². The monoisotopic (exact) mass is 360 g/mol. The van der Waals surface area contributed by atoms with Gasteiger partial charge in [-0.05, 0) is 50.6 Å². The van der Waals surface area contributed by atoms with Gasteiger partial charge in [0.1, 0.15) is 12.4 Å². The molecule has 0 aliphatic rings. The highest BCUT2D eigenvalue weighted by Gasteiger charge is 2.13. The van der Waals surface area contributed by atoms with Gasteiger partial charge >= 0.3 is 0 Å². The number of amides is 1. The molecule has 0 saturated carbocycles. The van der Waals surface area contributed by atoms with Crippen LogP contribution in [0.25, 0.3) is 0 Å². The predicted molar refractivity (Wildman–Crippen MR) is 102 cm³/mol. The van der Waals surface area contributed by atoms with Crippen molar-refractivity contribution in [3.8, 4) is 5.75 Å². The number of carbonyl (C=O) groups is 1. The van der Waals surface area contributed by atoms with E-state index < -0.39 is 0 Å². The SMILES string of the molecule is CC(C)(C)NCCNC(=O)c1ccccc1OCc1ccc(Cl)cc1. The van der Waals surface area contributed by atoms with Crippen molar-refractivity contribution in [2.75, 3.05) is 13.1 Å². The standard InChI is InChI=1S/C20H25ClN2O2/c1-20(2,3)23-13-12-22-19(24)17-6-4-5-7-18(17)25-14-15-8-10-16(21)11-9-15/h4-11,23H,12-14H2,1-3H3,(H,22,24). The summed E-state index contributed by atoms with van der Waals surface area (Å²) in [5.74, 6) is 0.432. The number of benzene rings is 2. The molecule has 2 aromatic rings. The van der Waals surface area contributed by atoms with Crippen LogP contribution in [0, 0.1) is 0 Å². The molecule has 2 rings (SSSR count). The first-order valence-electron chi connectivity index (χ1n) is 8.35. The molecule has 0 saturated heterocycles. The first-order valence-corrected chi connectivity index (χ1v) is 8.72. The second-order valence-electron chi connectivity index (χ2n) is 6.84. The fourth-order valence-electron chi connectivity index (χ4n) is 2.23. The van der Waals surface area contributed by atoms with E-state index in [0.717, 1.165) is 5.56 Å². The number of ether oxygens (including phenoxy) is 1. The number of carbonyl (C=O) groups excluding carboxylic acids is 1. The summed E-state index contributed by atoms with van der Waals surface area (Å²) in [6.07, 6.45) is 0. The summed E-state index contributed by atoms with van der Waals surface area (Å²) < 4.78 is 5.83. The van der Waals surface area contributed by atoms with E-state index in [2.05, 4.69) is 31.4 Å². The van der Waals surface area contributed by atoms with Crippen molar-refractivity contribution in [3.05, 3.63) is 64.7 Å². The number of hydrogen-bond acceptors (Lipinski definition) is 3. The van der Waals surface area contributed by atoms with Gasteiger partial charge in [-0.1, -0.05) is 35.9 Å². The van der Waals surface area contributed by atoms with Gasteiger partial charge in [0.25, 0.3) is 5.91 Å². The van der Waals surface area contributed by atoms with Crippen LogP contribution in [0.2, 0.25) is 5.02 Å². The third-order valence-corrected chi connectivity index (χ3v) is 3.76. The smallest absolute Gasteiger partial charge is 0.255 e. The second kappa shape index (κ2) is 8.88. The van der Waals surface area contributed by atoms with Crippen molar-refractivity contribution in [3.63, 3.8) is 0 Å². The Kier molecular flexibility index (Phi) is 6.85. The molecule has 134 valence electrons. The molecule has 2 N–H and O–H groups in total. The van der Waals surface area contributed by atoms with E-state index in [-0.39, 0.29) is 11.4 Å². The van der Waals surface area contributed by atoms with E-state index in [1.54, 1.807) is 12.1 Å². The molecule has 25 heavy (non-hydrogen) atoms. The third kappa shape index (κ3) is 6.77. The summed E-state index contributed by atoms with van der Waals surface area (Å²) in [6.45, 7) is 7.93. The summed E-state index contributed by atoms with van der Waals surface area (Å²) in [4.78, 5) is 12.4. The Morgan fingerprint density at radius 3 is 2.40 bits per heavy atom. The van der Waals surface area contributed by atoms with Crippen LogP contribution in [0.5, 0.6) is 5.75 Å². The molecule has 0 unspecified atom stereocenters. The van der Waals surface area contributed by atoms with Crippen molar-refractivity contribution in [1.82, 2.24) is 10.6 Å². The fourth-order valence-corrected chi connectivity index (χ4v) is 2.36. The molecular weight excluding hydrogens is 336 g/mol. The lowest BCUT2D eigenvalue weighted by molar-refractivity contribution is 0.0948. The van der Waals surface area contributed by atoms with E-state index in [9.17, 15) is 4.79 Å². The maximum absolute atomic E-state index is 12.4. The topological polar surface area (TPSA) is 50.4 Å². The van der Waals surface area contributed by atoms with Gasteiger partial charge < -0.3 is 15.4 Å². The fraction of sp³-hybridized carbons (Fsp3) is 0.350. The highest BCUT2D eigenvalue weighted by molar-refractivity contribution is 6.30. The van der Waals surface area contributed by atoms with Crippen LogP contribution in [0.1, 0.15) is 36.7 Å². The molecule has 2 aromatic carbocycles.